The van der Waals surface area contributed by atoms with E-state index in [1.807, 2.05) is 0 Å². The number of carboxylic acids is 1. The van der Waals surface area contributed by atoms with Gasteiger partial charge in [0.15, 0.2) is 12.3 Å². The molecular weight excluding hydrogens is 454 g/mol. The van der Waals surface area contributed by atoms with Crippen molar-refractivity contribution in [2.45, 2.75) is 111 Å². The molecule has 3 aliphatic heterocycles. The van der Waals surface area contributed by atoms with Crippen LogP contribution in [0.5, 0.6) is 0 Å². The summed E-state index contributed by atoms with van der Waals surface area (Å²) in [4.78, 5) is 26.8. The number of aliphatic hydroxyl groups is 1. The van der Waals surface area contributed by atoms with Crippen LogP contribution in [-0.4, -0.2) is 56.7 Å². The molecule has 3 heterocycles. The Bertz CT molecular complexity index is 1040. The van der Waals surface area contributed by atoms with E-state index in [1.165, 1.54) is 5.71 Å². The standard InChI is InChI=1S/C30H45NO5/c1-16-9-19-15-31-23-13-27(4)21-10-17(2)22(32)11-20(21)18(3)25(35)26(27)29(6,14-24(33)34)28(23,5)7-8-30(31,12-16)36-19/h16-22,26,32H,7-15H2,1-6H3/p+1/t16-,17-,18+,19+,20-,21+,22-,26-,27-,28+,29-,30-/m0/s1. The molecule has 2 saturated heterocycles. The number of carbonyl (C=O) groups is 2. The highest BCUT2D eigenvalue weighted by Crippen LogP contribution is 2.71. The Morgan fingerprint density at radius 1 is 1.11 bits per heavy atom. The highest BCUT2D eigenvalue weighted by atomic mass is 16.5. The molecule has 3 aliphatic carbocycles. The smallest absolute Gasteiger partial charge is 0.303 e. The summed E-state index contributed by atoms with van der Waals surface area (Å²) >= 11 is 0. The number of aliphatic carboxylic acids is 1. The van der Waals surface area contributed by atoms with Gasteiger partial charge in [-0.2, -0.15) is 0 Å². The quantitative estimate of drug-likeness (QED) is 0.545. The number of aliphatic hydroxyl groups excluding tert-OH is 1. The molecule has 6 rings (SSSR count). The van der Waals surface area contributed by atoms with Crippen molar-refractivity contribution in [3.8, 4) is 0 Å². The van der Waals surface area contributed by atoms with E-state index < -0.39 is 11.4 Å². The third-order valence-corrected chi connectivity index (χ3v) is 12.7. The van der Waals surface area contributed by atoms with Crippen LogP contribution in [0.1, 0.15) is 92.9 Å². The molecule has 0 radical (unpaired) electrons. The molecule has 6 aliphatic rings. The predicted octanol–water partition coefficient (Wildman–Crippen LogP) is 4.51. The SMILES string of the molecule is C[C@H]1C[C@@H]2C[N+]3=C4C[C@@]5(C)[C@@H]6C[C@H](C)[C@@H](O)C[C@H]6[C@@H](C)C(=O)[C@@H]5[C@](C)(CC(=O)O)[C@]4(C)CC[C@@]3(C1)O2. The maximum Gasteiger partial charge on any atom is 0.303 e. The zero-order valence-corrected chi connectivity index (χ0v) is 23.0. The lowest BCUT2D eigenvalue weighted by molar-refractivity contribution is -0.635. The minimum Gasteiger partial charge on any atom is -0.481 e. The Hall–Kier alpha value is -1.27. The second-order valence-corrected chi connectivity index (χ2v) is 14.7. The molecule has 1 spiro atoms. The van der Waals surface area contributed by atoms with E-state index in [9.17, 15) is 19.8 Å². The second kappa shape index (κ2) is 7.65. The number of Topliss-reactive ketones (excluding diaryl/α,β-unsaturated/α-hetero) is 1. The van der Waals surface area contributed by atoms with E-state index in [0.29, 0.717) is 18.3 Å². The number of ketones is 1. The minimum absolute atomic E-state index is 0.0167. The molecule has 200 valence electrons. The van der Waals surface area contributed by atoms with Gasteiger partial charge in [0.25, 0.3) is 5.72 Å². The molecule has 12 atom stereocenters. The maximum absolute atomic E-state index is 14.4. The van der Waals surface area contributed by atoms with Gasteiger partial charge in [-0.3, -0.25) is 9.59 Å². The van der Waals surface area contributed by atoms with Crippen molar-refractivity contribution in [2.24, 2.45) is 51.8 Å². The van der Waals surface area contributed by atoms with Crippen LogP contribution in [0.25, 0.3) is 0 Å². The van der Waals surface area contributed by atoms with Gasteiger partial charge in [0.1, 0.15) is 11.9 Å². The van der Waals surface area contributed by atoms with Crippen LogP contribution < -0.4 is 0 Å². The van der Waals surface area contributed by atoms with Crippen molar-refractivity contribution >= 4 is 17.5 Å². The summed E-state index contributed by atoms with van der Waals surface area (Å²) in [5.74, 6) is 0.300. The van der Waals surface area contributed by atoms with Gasteiger partial charge in [-0.1, -0.05) is 34.6 Å². The summed E-state index contributed by atoms with van der Waals surface area (Å²) in [6.07, 6.45) is 6.23. The number of carbonyl (C=O) groups excluding carboxylic acids is 1. The van der Waals surface area contributed by atoms with Crippen LogP contribution in [0, 0.1) is 51.8 Å². The summed E-state index contributed by atoms with van der Waals surface area (Å²) in [6, 6.07) is 0. The molecule has 2 bridgehead atoms. The monoisotopic (exact) mass is 500 g/mol. The van der Waals surface area contributed by atoms with Gasteiger partial charge < -0.3 is 14.9 Å². The normalized spacial score (nSPS) is 55.9. The molecule has 0 unspecified atom stereocenters. The van der Waals surface area contributed by atoms with E-state index in [4.69, 9.17) is 4.74 Å². The number of nitrogens with zero attached hydrogens (tertiary/aromatic N) is 1. The highest BCUT2D eigenvalue weighted by molar-refractivity contribution is 5.95. The molecule has 0 amide bonds. The van der Waals surface area contributed by atoms with Gasteiger partial charge in [-0.25, -0.2) is 4.58 Å². The van der Waals surface area contributed by atoms with E-state index in [0.717, 1.165) is 45.1 Å². The van der Waals surface area contributed by atoms with E-state index in [2.05, 4.69) is 46.1 Å². The molecule has 36 heavy (non-hydrogen) atoms. The molecule has 0 aromatic carbocycles. The third-order valence-electron chi connectivity index (χ3n) is 12.7. The van der Waals surface area contributed by atoms with E-state index >= 15 is 0 Å². The number of hydrogen-bond donors (Lipinski definition) is 2. The van der Waals surface area contributed by atoms with Gasteiger partial charge in [0.05, 0.1) is 17.9 Å². The summed E-state index contributed by atoms with van der Waals surface area (Å²) in [5, 5.41) is 21.0. The molecular formula is C30H46NO5+. The first kappa shape index (κ1) is 25.0. The largest absolute Gasteiger partial charge is 0.481 e. The number of rotatable bonds is 2. The molecule has 2 N–H and O–H groups in total. The average molecular weight is 501 g/mol. The van der Waals surface area contributed by atoms with Crippen molar-refractivity contribution in [1.29, 1.82) is 0 Å². The van der Waals surface area contributed by atoms with Gasteiger partial charge in [-0.05, 0) is 61.7 Å². The maximum atomic E-state index is 14.4. The lowest BCUT2D eigenvalue weighted by atomic mass is 9.35. The van der Waals surface area contributed by atoms with Crippen LogP contribution in [0.2, 0.25) is 0 Å². The van der Waals surface area contributed by atoms with Crippen molar-refractivity contribution < 1.29 is 29.1 Å². The molecule has 3 saturated carbocycles. The predicted molar refractivity (Wildman–Crippen MR) is 136 cm³/mol. The van der Waals surface area contributed by atoms with Crippen LogP contribution in [0.15, 0.2) is 0 Å². The molecule has 0 aromatic rings. The Kier molecular flexibility index (Phi) is 5.32. The van der Waals surface area contributed by atoms with Gasteiger partial charge in [0, 0.05) is 36.5 Å². The first-order valence-electron chi connectivity index (χ1n) is 14.5. The number of carboxylic acid groups (broad SMARTS) is 1. The van der Waals surface area contributed by atoms with Gasteiger partial charge >= 0.3 is 5.97 Å². The van der Waals surface area contributed by atoms with Crippen LogP contribution in [0.4, 0.5) is 0 Å². The zero-order chi connectivity index (χ0) is 26.0. The lowest BCUT2D eigenvalue weighted by Crippen LogP contribution is -2.71. The topological polar surface area (TPSA) is 86.8 Å². The highest BCUT2D eigenvalue weighted by Gasteiger charge is 2.75. The summed E-state index contributed by atoms with van der Waals surface area (Å²) in [6.45, 7) is 14.2. The lowest BCUT2D eigenvalue weighted by Gasteiger charge is -2.67. The minimum atomic E-state index is -0.803. The van der Waals surface area contributed by atoms with E-state index in [1.54, 1.807) is 0 Å². The van der Waals surface area contributed by atoms with Crippen molar-refractivity contribution in [3.05, 3.63) is 0 Å². The molecule has 6 heteroatoms. The van der Waals surface area contributed by atoms with Gasteiger partial charge in [-0.15, -0.1) is 0 Å². The number of fused-ring (bicyclic) bond motifs is 5. The molecule has 0 aromatic heterocycles. The Morgan fingerprint density at radius 3 is 2.53 bits per heavy atom. The van der Waals surface area contributed by atoms with Gasteiger partial charge in [0.2, 0.25) is 0 Å². The summed E-state index contributed by atoms with van der Waals surface area (Å²) in [5.41, 5.74) is -0.227. The third kappa shape index (κ3) is 3.00. The summed E-state index contributed by atoms with van der Waals surface area (Å²) < 4.78 is 9.32. The van der Waals surface area contributed by atoms with E-state index in [-0.39, 0.29) is 64.6 Å². The Balaban J connectivity index is 1.57. The van der Waals surface area contributed by atoms with Crippen molar-refractivity contribution in [2.75, 3.05) is 6.54 Å². The Labute approximate surface area is 215 Å². The first-order valence-corrected chi connectivity index (χ1v) is 14.5. The zero-order valence-electron chi connectivity index (χ0n) is 23.0. The first-order chi connectivity index (χ1) is 16.8. The van der Waals surface area contributed by atoms with Crippen molar-refractivity contribution in [3.63, 3.8) is 0 Å². The summed E-state index contributed by atoms with van der Waals surface area (Å²) in [7, 11) is 0. The molecule has 6 nitrogen and oxygen atoms in total. The van der Waals surface area contributed by atoms with Crippen molar-refractivity contribution in [1.82, 2.24) is 0 Å². The fourth-order valence-corrected chi connectivity index (χ4v) is 10.9. The molecule has 5 fully saturated rings. The Morgan fingerprint density at radius 2 is 1.83 bits per heavy atom. The van der Waals surface area contributed by atoms with Crippen LogP contribution in [0.3, 0.4) is 0 Å². The second-order valence-electron chi connectivity index (χ2n) is 14.7. The van der Waals surface area contributed by atoms with Crippen LogP contribution >= 0.6 is 0 Å². The van der Waals surface area contributed by atoms with Crippen LogP contribution in [-0.2, 0) is 14.3 Å². The number of hydrogen-bond acceptors (Lipinski definition) is 4. The average Bonchev–Trinajstić information content (AvgIpc) is 3.05. The number of ether oxygens (including phenoxy) is 1. The fraction of sp³-hybridized carbons (Fsp3) is 0.900. The fourth-order valence-electron chi connectivity index (χ4n) is 10.9.